The van der Waals surface area contributed by atoms with Gasteiger partial charge in [0.05, 0.1) is 19.4 Å². The fraction of sp³-hybridized carbons (Fsp3) is 0.467. The molecule has 1 amide bonds. The minimum atomic E-state index is -5.16. The fourth-order valence-electron chi connectivity index (χ4n) is 1.88. The van der Waals surface area contributed by atoms with Gasteiger partial charge in [0.1, 0.15) is 5.75 Å². The Labute approximate surface area is 137 Å². The van der Waals surface area contributed by atoms with E-state index in [0.29, 0.717) is 0 Å². The molecule has 9 heteroatoms. The highest BCUT2D eigenvalue weighted by Crippen LogP contribution is 2.36. The van der Waals surface area contributed by atoms with Crippen LogP contribution in [0.25, 0.3) is 0 Å². The fourth-order valence-corrected chi connectivity index (χ4v) is 1.88. The number of carbonyl (C=O) groups is 2. The van der Waals surface area contributed by atoms with Crippen LogP contribution >= 0.6 is 0 Å². The van der Waals surface area contributed by atoms with Crippen LogP contribution in [-0.4, -0.2) is 37.4 Å². The van der Waals surface area contributed by atoms with Gasteiger partial charge in [-0.05, 0) is 19.1 Å². The lowest BCUT2D eigenvalue weighted by atomic mass is 10.1. The molecule has 0 fully saturated rings. The molecule has 0 saturated heterocycles. The number of hydrogen-bond acceptors (Lipinski definition) is 5. The van der Waals surface area contributed by atoms with Crippen LogP contribution in [0.2, 0.25) is 0 Å². The SMILES string of the molecule is CCOC(=O)[C@](NC(=O)CC)(Nc1ccccc1OC)C(F)(F)F. The molecule has 24 heavy (non-hydrogen) atoms. The predicted octanol–water partition coefficient (Wildman–Crippen LogP) is 2.46. The summed E-state index contributed by atoms with van der Waals surface area (Å²) in [5, 5.41) is 3.74. The molecule has 0 unspecified atom stereocenters. The van der Waals surface area contributed by atoms with Crippen molar-refractivity contribution in [1.29, 1.82) is 0 Å². The molecule has 1 aromatic rings. The summed E-state index contributed by atoms with van der Waals surface area (Å²) >= 11 is 0. The molecule has 2 N–H and O–H groups in total. The largest absolute Gasteiger partial charge is 0.495 e. The maximum Gasteiger partial charge on any atom is 0.441 e. The van der Waals surface area contributed by atoms with E-state index in [1.807, 2.05) is 5.32 Å². The smallest absolute Gasteiger partial charge is 0.441 e. The Balaban J connectivity index is 3.43. The summed E-state index contributed by atoms with van der Waals surface area (Å²) in [4.78, 5) is 23.7. The first-order valence-electron chi connectivity index (χ1n) is 7.18. The second kappa shape index (κ2) is 7.89. The van der Waals surface area contributed by atoms with Crippen LogP contribution in [0, 0.1) is 0 Å². The van der Waals surface area contributed by atoms with Gasteiger partial charge in [0.2, 0.25) is 5.91 Å². The number of benzene rings is 1. The molecular formula is C15H19F3N2O4. The number of hydrogen-bond donors (Lipinski definition) is 2. The zero-order valence-electron chi connectivity index (χ0n) is 13.5. The number of nitrogens with one attached hydrogen (secondary N) is 2. The van der Waals surface area contributed by atoms with E-state index in [4.69, 9.17) is 4.74 Å². The van der Waals surface area contributed by atoms with Crippen LogP contribution in [0.15, 0.2) is 24.3 Å². The highest BCUT2D eigenvalue weighted by molar-refractivity contribution is 5.91. The first kappa shape index (κ1) is 19.6. The second-order valence-electron chi connectivity index (χ2n) is 4.70. The highest BCUT2D eigenvalue weighted by Gasteiger charge is 2.63. The van der Waals surface area contributed by atoms with Crippen molar-refractivity contribution < 1.29 is 32.2 Å². The maximum atomic E-state index is 13.7. The number of para-hydroxylation sites is 2. The predicted molar refractivity (Wildman–Crippen MR) is 80.5 cm³/mol. The van der Waals surface area contributed by atoms with E-state index in [-0.39, 0.29) is 24.5 Å². The molecule has 6 nitrogen and oxygen atoms in total. The van der Waals surface area contributed by atoms with E-state index >= 15 is 0 Å². The molecular weight excluding hydrogens is 329 g/mol. The van der Waals surface area contributed by atoms with Crippen LogP contribution in [0.1, 0.15) is 20.3 Å². The number of ether oxygens (including phenoxy) is 2. The van der Waals surface area contributed by atoms with Gasteiger partial charge in [-0.15, -0.1) is 0 Å². The second-order valence-corrected chi connectivity index (χ2v) is 4.70. The molecule has 0 aromatic heterocycles. The standard InChI is InChI=1S/C15H19F3N2O4/c1-4-12(21)20-14(15(16,17)18,13(22)24-5-2)19-10-8-6-7-9-11(10)23-3/h6-9,19H,4-5H2,1-3H3,(H,20,21)/t14-/m1/s1. The van der Waals surface area contributed by atoms with Crippen molar-refractivity contribution in [2.24, 2.45) is 0 Å². The molecule has 0 heterocycles. The van der Waals surface area contributed by atoms with Gasteiger partial charge in [-0.2, -0.15) is 13.2 Å². The molecule has 0 aliphatic rings. The summed E-state index contributed by atoms with van der Waals surface area (Å²) < 4.78 is 50.8. The molecule has 1 rings (SSSR count). The lowest BCUT2D eigenvalue weighted by Crippen LogP contribution is -2.69. The van der Waals surface area contributed by atoms with Crippen molar-refractivity contribution in [3.8, 4) is 5.75 Å². The van der Waals surface area contributed by atoms with E-state index < -0.39 is 23.7 Å². The van der Waals surface area contributed by atoms with Crippen molar-refractivity contribution in [2.45, 2.75) is 32.1 Å². The third-order valence-corrected chi connectivity index (χ3v) is 3.08. The minimum absolute atomic E-state index is 0.0705. The number of anilines is 1. The first-order valence-corrected chi connectivity index (χ1v) is 7.18. The number of methoxy groups -OCH3 is 1. The molecule has 0 radical (unpaired) electrons. The number of alkyl halides is 3. The third kappa shape index (κ3) is 4.09. The maximum absolute atomic E-state index is 13.7. The van der Waals surface area contributed by atoms with Crippen LogP contribution in [0.3, 0.4) is 0 Å². The summed E-state index contributed by atoms with van der Waals surface area (Å²) in [5.41, 5.74) is -3.55. The Bertz CT molecular complexity index is 592. The van der Waals surface area contributed by atoms with Crippen molar-refractivity contribution in [3.05, 3.63) is 24.3 Å². The average molecular weight is 348 g/mol. The Morgan fingerprint density at radius 2 is 1.79 bits per heavy atom. The van der Waals surface area contributed by atoms with E-state index in [9.17, 15) is 22.8 Å². The van der Waals surface area contributed by atoms with Crippen LogP contribution in [0.4, 0.5) is 18.9 Å². The average Bonchev–Trinajstić information content (AvgIpc) is 2.53. The molecule has 0 aliphatic heterocycles. The lowest BCUT2D eigenvalue weighted by molar-refractivity contribution is -0.207. The lowest BCUT2D eigenvalue weighted by Gasteiger charge is -2.35. The molecule has 0 aliphatic carbocycles. The van der Waals surface area contributed by atoms with Crippen molar-refractivity contribution in [1.82, 2.24) is 5.32 Å². The Kier molecular flexibility index (Phi) is 6.44. The summed E-state index contributed by atoms with van der Waals surface area (Å²) in [7, 11) is 1.27. The minimum Gasteiger partial charge on any atom is -0.495 e. The number of carbonyl (C=O) groups excluding carboxylic acids is 2. The number of amides is 1. The third-order valence-electron chi connectivity index (χ3n) is 3.08. The highest BCUT2D eigenvalue weighted by atomic mass is 19.4. The number of halogens is 3. The molecule has 0 saturated carbocycles. The monoisotopic (exact) mass is 348 g/mol. The van der Waals surface area contributed by atoms with E-state index in [0.717, 1.165) is 0 Å². The van der Waals surface area contributed by atoms with Gasteiger partial charge < -0.3 is 20.1 Å². The zero-order valence-corrected chi connectivity index (χ0v) is 13.5. The Morgan fingerprint density at radius 1 is 1.17 bits per heavy atom. The van der Waals surface area contributed by atoms with Crippen LogP contribution in [-0.2, 0) is 14.3 Å². The van der Waals surface area contributed by atoms with E-state index in [1.54, 1.807) is 11.4 Å². The summed E-state index contributed by atoms with van der Waals surface area (Å²) in [6.07, 6.45) is -5.41. The van der Waals surface area contributed by atoms with Crippen molar-refractivity contribution in [3.63, 3.8) is 0 Å². The molecule has 0 bridgehead atoms. The molecule has 1 aromatic carbocycles. The van der Waals surface area contributed by atoms with Gasteiger partial charge in [0.25, 0.3) is 0 Å². The van der Waals surface area contributed by atoms with Crippen LogP contribution in [0.5, 0.6) is 5.75 Å². The van der Waals surface area contributed by atoms with Gasteiger partial charge >= 0.3 is 17.8 Å². The first-order chi connectivity index (χ1) is 11.2. The van der Waals surface area contributed by atoms with Gasteiger partial charge in [-0.1, -0.05) is 19.1 Å². The number of rotatable bonds is 7. The molecule has 134 valence electrons. The number of esters is 1. The summed E-state index contributed by atoms with van der Waals surface area (Å²) in [6.45, 7) is 2.45. The zero-order chi connectivity index (χ0) is 18.4. The van der Waals surface area contributed by atoms with Crippen molar-refractivity contribution >= 4 is 17.6 Å². The normalized spacial score (nSPS) is 13.6. The summed E-state index contributed by atoms with van der Waals surface area (Å²) in [5.74, 6) is -2.56. The van der Waals surface area contributed by atoms with Crippen LogP contribution < -0.4 is 15.4 Å². The quantitative estimate of drug-likeness (QED) is 0.585. The summed E-state index contributed by atoms with van der Waals surface area (Å²) in [6, 6.07) is 5.71. The van der Waals surface area contributed by atoms with E-state index in [1.165, 1.54) is 39.2 Å². The van der Waals surface area contributed by atoms with Gasteiger partial charge in [-0.3, -0.25) is 4.79 Å². The molecule has 0 spiro atoms. The topological polar surface area (TPSA) is 76.7 Å². The Morgan fingerprint density at radius 3 is 2.29 bits per heavy atom. The van der Waals surface area contributed by atoms with Gasteiger partial charge in [-0.25, -0.2) is 4.79 Å². The van der Waals surface area contributed by atoms with E-state index in [2.05, 4.69) is 4.74 Å². The van der Waals surface area contributed by atoms with Gasteiger partial charge in [0, 0.05) is 6.42 Å². The van der Waals surface area contributed by atoms with Gasteiger partial charge in [0.15, 0.2) is 0 Å². The molecule has 1 atom stereocenters. The Hall–Kier alpha value is -2.45. The van der Waals surface area contributed by atoms with Crippen molar-refractivity contribution in [2.75, 3.05) is 19.0 Å².